The maximum atomic E-state index is 8.93. The molecule has 1 aliphatic carbocycles. The Kier molecular flexibility index (Phi) is 3.52. The van der Waals surface area contributed by atoms with Crippen molar-refractivity contribution in [3.8, 4) is 0 Å². The first kappa shape index (κ1) is 8.37. The standard InChI is InChI=1S/C7H15NOS/c1-10-3-2-8-6-4-7(9)5-6/h6-9H,2-5H2,1H3. The molecule has 0 amide bonds. The minimum absolute atomic E-state index is 0.0215. The van der Waals surface area contributed by atoms with Gasteiger partial charge in [0, 0.05) is 18.3 Å². The highest BCUT2D eigenvalue weighted by atomic mass is 32.2. The van der Waals surface area contributed by atoms with E-state index in [1.807, 2.05) is 11.8 Å². The van der Waals surface area contributed by atoms with E-state index in [2.05, 4.69) is 11.6 Å². The maximum Gasteiger partial charge on any atom is 0.0570 e. The van der Waals surface area contributed by atoms with E-state index in [0.29, 0.717) is 6.04 Å². The van der Waals surface area contributed by atoms with Gasteiger partial charge in [0.1, 0.15) is 0 Å². The molecule has 2 N–H and O–H groups in total. The van der Waals surface area contributed by atoms with Gasteiger partial charge < -0.3 is 10.4 Å². The quantitative estimate of drug-likeness (QED) is 0.588. The van der Waals surface area contributed by atoms with Crippen LogP contribution in [-0.2, 0) is 0 Å². The van der Waals surface area contributed by atoms with Crippen molar-refractivity contribution in [1.29, 1.82) is 0 Å². The van der Waals surface area contributed by atoms with Crippen molar-refractivity contribution in [1.82, 2.24) is 5.32 Å². The predicted octanol–water partition coefficient (Wildman–Crippen LogP) is 0.462. The third-order valence-electron chi connectivity index (χ3n) is 1.85. The first-order valence-corrected chi connectivity index (χ1v) is 5.12. The summed E-state index contributed by atoms with van der Waals surface area (Å²) in [7, 11) is 0. The van der Waals surface area contributed by atoms with E-state index >= 15 is 0 Å². The molecule has 0 atom stereocenters. The molecule has 1 aliphatic rings. The van der Waals surface area contributed by atoms with Gasteiger partial charge in [-0.15, -0.1) is 0 Å². The lowest BCUT2D eigenvalue weighted by atomic mass is 9.90. The van der Waals surface area contributed by atoms with Gasteiger partial charge >= 0.3 is 0 Å². The molecule has 0 saturated heterocycles. The summed E-state index contributed by atoms with van der Waals surface area (Å²) in [5.74, 6) is 1.17. The second-order valence-corrected chi connectivity index (χ2v) is 3.75. The summed E-state index contributed by atoms with van der Waals surface area (Å²) in [4.78, 5) is 0. The fourth-order valence-corrected chi connectivity index (χ4v) is 1.44. The van der Waals surface area contributed by atoms with Crippen molar-refractivity contribution in [2.75, 3.05) is 18.6 Å². The zero-order valence-electron chi connectivity index (χ0n) is 6.34. The van der Waals surface area contributed by atoms with Crippen LogP contribution in [0.25, 0.3) is 0 Å². The highest BCUT2D eigenvalue weighted by Crippen LogP contribution is 2.18. The third kappa shape index (κ3) is 2.48. The summed E-state index contributed by atoms with van der Waals surface area (Å²) >= 11 is 1.85. The van der Waals surface area contributed by atoms with Gasteiger partial charge in [0.15, 0.2) is 0 Å². The summed E-state index contributed by atoms with van der Waals surface area (Å²) < 4.78 is 0. The Morgan fingerprint density at radius 2 is 2.30 bits per heavy atom. The lowest BCUT2D eigenvalue weighted by Crippen LogP contribution is -2.44. The van der Waals surface area contributed by atoms with Crippen LogP contribution in [0.1, 0.15) is 12.8 Å². The van der Waals surface area contributed by atoms with Crippen LogP contribution in [0.3, 0.4) is 0 Å². The molecule has 0 aliphatic heterocycles. The van der Waals surface area contributed by atoms with Crippen LogP contribution in [-0.4, -0.2) is 35.8 Å². The molecule has 0 heterocycles. The van der Waals surface area contributed by atoms with Crippen molar-refractivity contribution in [3.05, 3.63) is 0 Å². The average Bonchev–Trinajstić information content (AvgIpc) is 1.85. The molecule has 0 aromatic rings. The monoisotopic (exact) mass is 161 g/mol. The van der Waals surface area contributed by atoms with Gasteiger partial charge in [0.25, 0.3) is 0 Å². The van der Waals surface area contributed by atoms with Gasteiger partial charge in [0.05, 0.1) is 6.10 Å². The number of aliphatic hydroxyl groups excluding tert-OH is 1. The normalized spacial score (nSPS) is 31.8. The molecule has 1 saturated carbocycles. The Balaban J connectivity index is 1.86. The molecule has 1 rings (SSSR count). The van der Waals surface area contributed by atoms with Gasteiger partial charge in [0.2, 0.25) is 0 Å². The molecule has 2 nitrogen and oxygen atoms in total. The molecule has 10 heavy (non-hydrogen) atoms. The number of aliphatic hydroxyl groups is 1. The first-order chi connectivity index (χ1) is 4.83. The van der Waals surface area contributed by atoms with E-state index in [1.54, 1.807) is 0 Å². The van der Waals surface area contributed by atoms with E-state index in [-0.39, 0.29) is 6.10 Å². The summed E-state index contributed by atoms with van der Waals surface area (Å²) in [6.45, 7) is 1.08. The fraction of sp³-hybridized carbons (Fsp3) is 1.00. The van der Waals surface area contributed by atoms with Crippen LogP contribution in [0.15, 0.2) is 0 Å². The van der Waals surface area contributed by atoms with Gasteiger partial charge in [-0.25, -0.2) is 0 Å². The smallest absolute Gasteiger partial charge is 0.0570 e. The molecule has 0 aromatic carbocycles. The van der Waals surface area contributed by atoms with Crippen molar-refractivity contribution < 1.29 is 5.11 Å². The van der Waals surface area contributed by atoms with Crippen molar-refractivity contribution in [3.63, 3.8) is 0 Å². The Labute approximate surface area is 66.4 Å². The molecule has 60 valence electrons. The number of hydrogen-bond acceptors (Lipinski definition) is 3. The van der Waals surface area contributed by atoms with E-state index in [1.165, 1.54) is 5.75 Å². The van der Waals surface area contributed by atoms with Crippen molar-refractivity contribution in [2.45, 2.75) is 25.0 Å². The highest BCUT2D eigenvalue weighted by molar-refractivity contribution is 7.98. The van der Waals surface area contributed by atoms with Crippen LogP contribution in [0, 0.1) is 0 Å². The molecular weight excluding hydrogens is 146 g/mol. The van der Waals surface area contributed by atoms with Gasteiger partial charge in [-0.05, 0) is 19.1 Å². The third-order valence-corrected chi connectivity index (χ3v) is 2.46. The molecular formula is C7H15NOS. The maximum absolute atomic E-state index is 8.93. The van der Waals surface area contributed by atoms with Gasteiger partial charge in [-0.3, -0.25) is 0 Å². The Hall–Kier alpha value is 0.270. The Morgan fingerprint density at radius 1 is 1.60 bits per heavy atom. The first-order valence-electron chi connectivity index (χ1n) is 3.73. The van der Waals surface area contributed by atoms with E-state index in [0.717, 1.165) is 19.4 Å². The second-order valence-electron chi connectivity index (χ2n) is 2.77. The van der Waals surface area contributed by atoms with Crippen LogP contribution in [0.2, 0.25) is 0 Å². The highest BCUT2D eigenvalue weighted by Gasteiger charge is 2.25. The minimum atomic E-state index is -0.0215. The Bertz CT molecular complexity index is 93.6. The number of rotatable bonds is 4. The average molecular weight is 161 g/mol. The molecule has 0 bridgehead atoms. The topological polar surface area (TPSA) is 32.3 Å². The van der Waals surface area contributed by atoms with E-state index in [9.17, 15) is 0 Å². The lowest BCUT2D eigenvalue weighted by Gasteiger charge is -2.32. The van der Waals surface area contributed by atoms with E-state index in [4.69, 9.17) is 5.11 Å². The molecule has 3 heteroatoms. The minimum Gasteiger partial charge on any atom is -0.393 e. The lowest BCUT2D eigenvalue weighted by molar-refractivity contribution is 0.0635. The molecule has 0 spiro atoms. The number of hydrogen-bond donors (Lipinski definition) is 2. The number of nitrogens with one attached hydrogen (secondary N) is 1. The Morgan fingerprint density at radius 3 is 2.80 bits per heavy atom. The van der Waals surface area contributed by atoms with Gasteiger partial charge in [-0.2, -0.15) is 11.8 Å². The SMILES string of the molecule is CSCCNC1CC(O)C1. The molecule has 0 unspecified atom stereocenters. The summed E-state index contributed by atoms with van der Waals surface area (Å²) in [5, 5.41) is 12.3. The fourth-order valence-electron chi connectivity index (χ4n) is 1.12. The predicted molar refractivity (Wildman–Crippen MR) is 45.4 cm³/mol. The van der Waals surface area contributed by atoms with E-state index < -0.39 is 0 Å². The van der Waals surface area contributed by atoms with Crippen LogP contribution < -0.4 is 5.32 Å². The van der Waals surface area contributed by atoms with Crippen molar-refractivity contribution >= 4 is 11.8 Å². The van der Waals surface area contributed by atoms with Crippen LogP contribution in [0.4, 0.5) is 0 Å². The molecule has 1 fully saturated rings. The zero-order valence-corrected chi connectivity index (χ0v) is 7.16. The van der Waals surface area contributed by atoms with Crippen LogP contribution >= 0.6 is 11.8 Å². The molecule has 0 radical (unpaired) electrons. The number of thioether (sulfide) groups is 1. The van der Waals surface area contributed by atoms with Crippen molar-refractivity contribution in [2.24, 2.45) is 0 Å². The summed E-state index contributed by atoms with van der Waals surface area (Å²) in [5.41, 5.74) is 0. The summed E-state index contributed by atoms with van der Waals surface area (Å²) in [6, 6.07) is 0.599. The van der Waals surface area contributed by atoms with Gasteiger partial charge in [-0.1, -0.05) is 0 Å². The zero-order chi connectivity index (χ0) is 7.40. The summed E-state index contributed by atoms with van der Waals surface area (Å²) in [6.07, 6.45) is 3.99. The largest absolute Gasteiger partial charge is 0.393 e. The second kappa shape index (κ2) is 4.21. The molecule has 0 aromatic heterocycles. The van der Waals surface area contributed by atoms with Crippen LogP contribution in [0.5, 0.6) is 0 Å².